The average molecular weight is 432 g/mol. The fourth-order valence-corrected chi connectivity index (χ4v) is 3.96. The number of rotatable bonds is 6. The van der Waals surface area contributed by atoms with Crippen LogP contribution in [0.15, 0.2) is 36.4 Å². The molecule has 0 aliphatic heterocycles. The molecule has 1 N–H and O–H groups in total. The summed E-state index contributed by atoms with van der Waals surface area (Å²) in [6.07, 6.45) is 4.38. The average Bonchev–Trinajstić information content (AvgIpc) is 2.76. The summed E-state index contributed by atoms with van der Waals surface area (Å²) >= 11 is 0. The number of nitro groups is 1. The molecule has 164 valence electrons. The Morgan fingerprint density at radius 2 is 1.71 bits per heavy atom. The zero-order chi connectivity index (χ0) is 22.5. The number of carbonyl (C=O) groups excluding carboxylic acids is 2. The zero-order valence-electron chi connectivity index (χ0n) is 16.9. The summed E-state index contributed by atoms with van der Waals surface area (Å²) in [6, 6.07) is 5.52. The Labute approximate surface area is 177 Å². The number of benzene rings is 2. The molecule has 1 aliphatic rings. The molecule has 0 saturated heterocycles. The number of ether oxygens (including phenoxy) is 1. The van der Waals surface area contributed by atoms with E-state index >= 15 is 0 Å². The molecule has 0 bridgehead atoms. The van der Waals surface area contributed by atoms with Gasteiger partial charge >= 0.3 is 5.97 Å². The van der Waals surface area contributed by atoms with E-state index in [1.165, 1.54) is 19.2 Å². The van der Waals surface area contributed by atoms with Crippen molar-refractivity contribution < 1.29 is 28.0 Å². The standard InChI is InChI=1S/C22H22F2N2O5/c1-31-22(28)20(13-5-3-2-4-6-13)25-21(27)18-8-7-14(11-19(18)26(29)30)15-9-16(23)12-17(24)10-15/h7-13,20H,2-6H2,1H3,(H,25,27)/t20-/m0/s1. The summed E-state index contributed by atoms with van der Waals surface area (Å²) in [5.41, 5.74) is -0.511. The lowest BCUT2D eigenvalue weighted by atomic mass is 9.83. The van der Waals surface area contributed by atoms with Crippen LogP contribution in [0.3, 0.4) is 0 Å². The molecule has 0 radical (unpaired) electrons. The highest BCUT2D eigenvalue weighted by Crippen LogP contribution is 2.30. The highest BCUT2D eigenvalue weighted by atomic mass is 19.1. The van der Waals surface area contributed by atoms with Crippen LogP contribution < -0.4 is 5.32 Å². The molecule has 1 aliphatic carbocycles. The minimum atomic E-state index is -0.908. The Morgan fingerprint density at radius 1 is 1.06 bits per heavy atom. The van der Waals surface area contributed by atoms with E-state index in [9.17, 15) is 28.5 Å². The van der Waals surface area contributed by atoms with E-state index in [4.69, 9.17) is 4.74 Å². The number of amides is 1. The molecule has 0 unspecified atom stereocenters. The van der Waals surface area contributed by atoms with Gasteiger partial charge in [0.25, 0.3) is 11.6 Å². The molecule has 7 nitrogen and oxygen atoms in total. The molecule has 2 aromatic carbocycles. The third kappa shape index (κ3) is 5.22. The second-order valence-electron chi connectivity index (χ2n) is 7.52. The van der Waals surface area contributed by atoms with Crippen molar-refractivity contribution in [2.75, 3.05) is 7.11 Å². The van der Waals surface area contributed by atoms with Gasteiger partial charge in [-0.25, -0.2) is 13.6 Å². The van der Waals surface area contributed by atoms with Crippen molar-refractivity contribution in [2.24, 2.45) is 5.92 Å². The van der Waals surface area contributed by atoms with E-state index in [1.807, 2.05) is 0 Å². The van der Waals surface area contributed by atoms with Crippen molar-refractivity contribution in [3.63, 3.8) is 0 Å². The maximum Gasteiger partial charge on any atom is 0.328 e. The van der Waals surface area contributed by atoms with Crippen molar-refractivity contribution in [3.05, 3.63) is 63.7 Å². The maximum absolute atomic E-state index is 13.5. The second-order valence-corrected chi connectivity index (χ2v) is 7.52. The number of halogens is 2. The summed E-state index contributed by atoms with van der Waals surface area (Å²) in [7, 11) is 1.22. The van der Waals surface area contributed by atoms with Crippen LogP contribution in [-0.4, -0.2) is 30.0 Å². The number of hydrogen-bond donors (Lipinski definition) is 1. The largest absolute Gasteiger partial charge is 0.467 e. The SMILES string of the molecule is COC(=O)[C@@H](NC(=O)c1ccc(-c2cc(F)cc(F)c2)cc1[N+](=O)[O-])C1CCCCC1. The summed E-state index contributed by atoms with van der Waals surface area (Å²) in [5.74, 6) is -3.15. The molecule has 1 amide bonds. The summed E-state index contributed by atoms with van der Waals surface area (Å²) in [6.45, 7) is 0. The molecule has 31 heavy (non-hydrogen) atoms. The number of nitrogens with zero attached hydrogens (tertiary/aromatic N) is 1. The van der Waals surface area contributed by atoms with E-state index in [0.717, 1.165) is 50.3 Å². The number of nitro benzene ring substituents is 1. The third-order valence-corrected chi connectivity index (χ3v) is 5.50. The normalized spacial score (nSPS) is 15.2. The first-order valence-electron chi connectivity index (χ1n) is 9.93. The van der Waals surface area contributed by atoms with Crippen LogP contribution in [0.4, 0.5) is 14.5 Å². The van der Waals surface area contributed by atoms with Crippen molar-refractivity contribution in [3.8, 4) is 11.1 Å². The van der Waals surface area contributed by atoms with Crippen molar-refractivity contribution in [1.82, 2.24) is 5.32 Å². The molecule has 0 spiro atoms. The van der Waals surface area contributed by atoms with Crippen LogP contribution in [-0.2, 0) is 9.53 Å². The van der Waals surface area contributed by atoms with Gasteiger partial charge in [-0.3, -0.25) is 14.9 Å². The quantitative estimate of drug-likeness (QED) is 0.415. The topological polar surface area (TPSA) is 98.5 Å². The Morgan fingerprint density at radius 3 is 2.29 bits per heavy atom. The molecule has 1 atom stereocenters. The molecule has 0 aromatic heterocycles. The van der Waals surface area contributed by atoms with Gasteiger partial charge in [-0.05, 0) is 48.1 Å². The van der Waals surface area contributed by atoms with Gasteiger partial charge in [-0.15, -0.1) is 0 Å². The van der Waals surface area contributed by atoms with Gasteiger partial charge in [0.05, 0.1) is 12.0 Å². The number of esters is 1. The lowest BCUT2D eigenvalue weighted by Crippen LogP contribution is -2.47. The van der Waals surface area contributed by atoms with E-state index in [1.54, 1.807) is 0 Å². The van der Waals surface area contributed by atoms with Gasteiger partial charge < -0.3 is 10.1 Å². The van der Waals surface area contributed by atoms with Crippen LogP contribution in [0, 0.1) is 27.7 Å². The van der Waals surface area contributed by atoms with Crippen LogP contribution >= 0.6 is 0 Å². The van der Waals surface area contributed by atoms with Gasteiger partial charge in [0.1, 0.15) is 23.2 Å². The molecule has 1 fully saturated rings. The predicted molar refractivity (Wildman–Crippen MR) is 108 cm³/mol. The Balaban J connectivity index is 1.92. The highest BCUT2D eigenvalue weighted by molar-refractivity contribution is 6.00. The lowest BCUT2D eigenvalue weighted by Gasteiger charge is -2.29. The van der Waals surface area contributed by atoms with Crippen molar-refractivity contribution in [1.29, 1.82) is 0 Å². The maximum atomic E-state index is 13.5. The van der Waals surface area contributed by atoms with Gasteiger partial charge in [-0.2, -0.15) is 0 Å². The fourth-order valence-electron chi connectivity index (χ4n) is 3.96. The second kappa shape index (κ2) is 9.63. The summed E-state index contributed by atoms with van der Waals surface area (Å²) < 4.78 is 31.9. The van der Waals surface area contributed by atoms with E-state index in [2.05, 4.69) is 5.32 Å². The number of carbonyl (C=O) groups is 2. The lowest BCUT2D eigenvalue weighted by molar-refractivity contribution is -0.385. The van der Waals surface area contributed by atoms with Crippen LogP contribution in [0.5, 0.6) is 0 Å². The predicted octanol–water partition coefficient (Wildman–Crippen LogP) is 4.39. The fraction of sp³-hybridized carbons (Fsp3) is 0.364. The van der Waals surface area contributed by atoms with Gasteiger partial charge in [0.2, 0.25) is 0 Å². The Bertz CT molecular complexity index is 985. The van der Waals surface area contributed by atoms with Crippen LogP contribution in [0.2, 0.25) is 0 Å². The van der Waals surface area contributed by atoms with Crippen LogP contribution in [0.25, 0.3) is 11.1 Å². The Hall–Kier alpha value is -3.36. The van der Waals surface area contributed by atoms with E-state index < -0.39 is 40.2 Å². The van der Waals surface area contributed by atoms with E-state index in [0.29, 0.717) is 6.07 Å². The first-order chi connectivity index (χ1) is 14.8. The molecule has 1 saturated carbocycles. The third-order valence-electron chi connectivity index (χ3n) is 5.50. The van der Waals surface area contributed by atoms with Gasteiger partial charge in [0, 0.05) is 12.1 Å². The molecule has 0 heterocycles. The molecule has 9 heteroatoms. The molecular weight excluding hydrogens is 410 g/mol. The molecular formula is C22H22F2N2O5. The van der Waals surface area contributed by atoms with E-state index in [-0.39, 0.29) is 22.6 Å². The summed E-state index contributed by atoms with van der Waals surface area (Å²) in [4.78, 5) is 36.0. The van der Waals surface area contributed by atoms with Crippen molar-refractivity contribution >= 4 is 17.6 Å². The molecule has 2 aromatic rings. The van der Waals surface area contributed by atoms with Gasteiger partial charge in [-0.1, -0.05) is 25.3 Å². The smallest absolute Gasteiger partial charge is 0.328 e. The first-order valence-corrected chi connectivity index (χ1v) is 9.93. The number of nitrogens with one attached hydrogen (secondary N) is 1. The molecule has 3 rings (SSSR count). The van der Waals surface area contributed by atoms with Crippen molar-refractivity contribution in [2.45, 2.75) is 38.1 Å². The Kier molecular flexibility index (Phi) is 6.94. The highest BCUT2D eigenvalue weighted by Gasteiger charge is 2.33. The summed E-state index contributed by atoms with van der Waals surface area (Å²) in [5, 5.41) is 14.2. The number of methoxy groups -OCH3 is 1. The zero-order valence-corrected chi connectivity index (χ0v) is 16.9. The monoisotopic (exact) mass is 432 g/mol. The van der Waals surface area contributed by atoms with Gasteiger partial charge in [0.15, 0.2) is 0 Å². The van der Waals surface area contributed by atoms with Crippen LogP contribution in [0.1, 0.15) is 42.5 Å². The minimum absolute atomic E-state index is 0.0993. The number of hydrogen-bond acceptors (Lipinski definition) is 5. The minimum Gasteiger partial charge on any atom is -0.467 e. The first kappa shape index (κ1) is 22.3.